The van der Waals surface area contributed by atoms with Gasteiger partial charge in [0, 0.05) is 24.2 Å². The van der Waals surface area contributed by atoms with Gasteiger partial charge in [0.25, 0.3) is 0 Å². The van der Waals surface area contributed by atoms with Gasteiger partial charge in [-0.1, -0.05) is 25.6 Å². The zero-order valence-corrected chi connectivity index (χ0v) is 11.7. The highest BCUT2D eigenvalue weighted by atomic mass is 32.2. The molecule has 1 unspecified atom stereocenters. The van der Waals surface area contributed by atoms with Crippen molar-refractivity contribution in [2.45, 2.75) is 50.7 Å². The second kappa shape index (κ2) is 9.42. The summed E-state index contributed by atoms with van der Waals surface area (Å²) >= 11 is 1.75. The van der Waals surface area contributed by atoms with Crippen molar-refractivity contribution in [2.75, 3.05) is 12.3 Å². The first-order chi connectivity index (χ1) is 8.36. The molecule has 1 aromatic rings. The molecule has 0 aliphatic carbocycles. The summed E-state index contributed by atoms with van der Waals surface area (Å²) in [6.45, 7) is 5.59. The van der Waals surface area contributed by atoms with E-state index in [-0.39, 0.29) is 0 Å². The first-order valence-corrected chi connectivity index (χ1v) is 7.48. The SMILES string of the molecule is CCCNC(CC)CCCSc1ncccn1. The molecule has 0 radical (unpaired) electrons. The van der Waals surface area contributed by atoms with Crippen LogP contribution in [0.3, 0.4) is 0 Å². The van der Waals surface area contributed by atoms with Crippen molar-refractivity contribution >= 4 is 11.8 Å². The number of aromatic nitrogens is 2. The first-order valence-electron chi connectivity index (χ1n) is 6.50. The fourth-order valence-corrected chi connectivity index (χ4v) is 2.42. The maximum Gasteiger partial charge on any atom is 0.187 e. The third kappa shape index (κ3) is 6.64. The van der Waals surface area contributed by atoms with Gasteiger partial charge in [0.2, 0.25) is 0 Å². The van der Waals surface area contributed by atoms with Crippen molar-refractivity contribution in [3.63, 3.8) is 0 Å². The molecule has 0 saturated carbocycles. The Bertz CT molecular complexity index is 279. The largest absolute Gasteiger partial charge is 0.314 e. The summed E-state index contributed by atoms with van der Waals surface area (Å²) in [6, 6.07) is 2.53. The van der Waals surface area contributed by atoms with Gasteiger partial charge in [-0.25, -0.2) is 9.97 Å². The zero-order valence-electron chi connectivity index (χ0n) is 10.9. The Morgan fingerprint density at radius 2 is 2.06 bits per heavy atom. The van der Waals surface area contributed by atoms with Crippen molar-refractivity contribution in [1.82, 2.24) is 15.3 Å². The summed E-state index contributed by atoms with van der Waals surface area (Å²) in [5.41, 5.74) is 0. The molecule has 0 saturated heterocycles. The monoisotopic (exact) mass is 253 g/mol. The Morgan fingerprint density at radius 1 is 1.29 bits per heavy atom. The molecule has 0 fully saturated rings. The number of nitrogens with zero attached hydrogens (tertiary/aromatic N) is 2. The van der Waals surface area contributed by atoms with Crippen LogP contribution in [0.1, 0.15) is 39.5 Å². The molecule has 1 aromatic heterocycles. The van der Waals surface area contributed by atoms with Crippen LogP contribution in [0.2, 0.25) is 0 Å². The molecule has 1 atom stereocenters. The van der Waals surface area contributed by atoms with E-state index in [4.69, 9.17) is 0 Å². The van der Waals surface area contributed by atoms with Crippen LogP contribution < -0.4 is 5.32 Å². The van der Waals surface area contributed by atoms with E-state index in [0.29, 0.717) is 6.04 Å². The third-order valence-corrected chi connectivity index (χ3v) is 3.61. The van der Waals surface area contributed by atoms with E-state index < -0.39 is 0 Å². The van der Waals surface area contributed by atoms with E-state index in [9.17, 15) is 0 Å². The van der Waals surface area contributed by atoms with Crippen LogP contribution in [-0.4, -0.2) is 28.3 Å². The number of thioether (sulfide) groups is 1. The molecular formula is C13H23N3S. The van der Waals surface area contributed by atoms with Crippen molar-refractivity contribution < 1.29 is 0 Å². The summed E-state index contributed by atoms with van der Waals surface area (Å²) in [5.74, 6) is 1.11. The van der Waals surface area contributed by atoms with Gasteiger partial charge in [-0.3, -0.25) is 0 Å². The van der Waals surface area contributed by atoms with Gasteiger partial charge >= 0.3 is 0 Å². The average molecular weight is 253 g/mol. The summed E-state index contributed by atoms with van der Waals surface area (Å²) < 4.78 is 0. The number of hydrogen-bond acceptors (Lipinski definition) is 4. The van der Waals surface area contributed by atoms with Gasteiger partial charge in [0.05, 0.1) is 0 Å². The zero-order chi connectivity index (χ0) is 12.3. The lowest BCUT2D eigenvalue weighted by molar-refractivity contribution is 0.465. The topological polar surface area (TPSA) is 37.8 Å². The van der Waals surface area contributed by atoms with Gasteiger partial charge in [0.1, 0.15) is 0 Å². The van der Waals surface area contributed by atoms with E-state index in [1.165, 1.54) is 25.7 Å². The van der Waals surface area contributed by atoms with E-state index in [1.54, 1.807) is 24.2 Å². The molecule has 0 amide bonds. The van der Waals surface area contributed by atoms with E-state index >= 15 is 0 Å². The highest BCUT2D eigenvalue weighted by Gasteiger charge is 2.04. The second-order valence-corrected chi connectivity index (χ2v) is 5.14. The lowest BCUT2D eigenvalue weighted by Crippen LogP contribution is -2.29. The molecule has 0 bridgehead atoms. The molecule has 0 aliphatic rings. The number of hydrogen-bond donors (Lipinski definition) is 1. The van der Waals surface area contributed by atoms with Gasteiger partial charge in [-0.2, -0.15) is 0 Å². The van der Waals surface area contributed by atoms with Gasteiger partial charge in [0.15, 0.2) is 5.16 Å². The minimum atomic E-state index is 0.673. The summed E-state index contributed by atoms with van der Waals surface area (Å²) in [5, 5.41) is 4.47. The molecule has 0 aromatic carbocycles. The Hall–Kier alpha value is -0.610. The Kier molecular flexibility index (Phi) is 8.01. The van der Waals surface area contributed by atoms with Crippen LogP contribution in [0.5, 0.6) is 0 Å². The van der Waals surface area contributed by atoms with Gasteiger partial charge in [-0.15, -0.1) is 0 Å². The van der Waals surface area contributed by atoms with E-state index in [1.807, 2.05) is 6.07 Å². The predicted molar refractivity (Wildman–Crippen MR) is 74.4 cm³/mol. The highest BCUT2D eigenvalue weighted by Crippen LogP contribution is 2.14. The molecule has 0 aliphatic heterocycles. The fraction of sp³-hybridized carbons (Fsp3) is 0.692. The quantitative estimate of drug-likeness (QED) is 0.417. The third-order valence-electron chi connectivity index (χ3n) is 2.65. The van der Waals surface area contributed by atoms with E-state index in [2.05, 4.69) is 29.1 Å². The van der Waals surface area contributed by atoms with Crippen LogP contribution >= 0.6 is 11.8 Å². The first kappa shape index (κ1) is 14.5. The van der Waals surface area contributed by atoms with Crippen LogP contribution in [0, 0.1) is 0 Å². The van der Waals surface area contributed by atoms with Crippen molar-refractivity contribution in [3.8, 4) is 0 Å². The molecule has 1 heterocycles. The number of nitrogens with one attached hydrogen (secondary N) is 1. The van der Waals surface area contributed by atoms with Crippen molar-refractivity contribution in [3.05, 3.63) is 18.5 Å². The summed E-state index contributed by atoms with van der Waals surface area (Å²) in [7, 11) is 0. The maximum absolute atomic E-state index is 4.20. The molecule has 1 rings (SSSR count). The molecule has 3 nitrogen and oxygen atoms in total. The van der Waals surface area contributed by atoms with E-state index in [0.717, 1.165) is 17.5 Å². The lowest BCUT2D eigenvalue weighted by Gasteiger charge is -2.15. The second-order valence-electron chi connectivity index (χ2n) is 4.08. The normalized spacial score (nSPS) is 12.6. The minimum absolute atomic E-state index is 0.673. The molecular weight excluding hydrogens is 230 g/mol. The van der Waals surface area contributed by atoms with Crippen molar-refractivity contribution in [1.29, 1.82) is 0 Å². The standard InChI is InChI=1S/C13H23N3S/c1-3-8-14-12(4-2)7-5-11-17-13-15-9-6-10-16-13/h6,9-10,12,14H,3-5,7-8,11H2,1-2H3. The predicted octanol–water partition coefficient (Wildman–Crippen LogP) is 3.13. The van der Waals surface area contributed by atoms with Gasteiger partial charge < -0.3 is 5.32 Å². The van der Waals surface area contributed by atoms with Crippen LogP contribution in [0.15, 0.2) is 23.6 Å². The molecule has 1 N–H and O–H groups in total. The smallest absolute Gasteiger partial charge is 0.187 e. The average Bonchev–Trinajstić information content (AvgIpc) is 2.39. The molecule has 96 valence electrons. The van der Waals surface area contributed by atoms with Crippen LogP contribution in [-0.2, 0) is 0 Å². The molecule has 17 heavy (non-hydrogen) atoms. The van der Waals surface area contributed by atoms with Gasteiger partial charge in [-0.05, 0) is 38.3 Å². The van der Waals surface area contributed by atoms with Crippen LogP contribution in [0.25, 0.3) is 0 Å². The maximum atomic E-state index is 4.20. The lowest BCUT2D eigenvalue weighted by atomic mass is 10.1. The Labute approximate surface area is 109 Å². The summed E-state index contributed by atoms with van der Waals surface area (Å²) in [6.07, 6.45) is 8.49. The summed E-state index contributed by atoms with van der Waals surface area (Å²) in [4.78, 5) is 8.40. The number of rotatable bonds is 9. The fourth-order valence-electron chi connectivity index (χ4n) is 1.65. The molecule has 0 spiro atoms. The minimum Gasteiger partial charge on any atom is -0.314 e. The Morgan fingerprint density at radius 3 is 2.71 bits per heavy atom. The Balaban J connectivity index is 2.10. The van der Waals surface area contributed by atoms with Crippen LogP contribution in [0.4, 0.5) is 0 Å². The molecule has 4 heteroatoms. The van der Waals surface area contributed by atoms with Crippen molar-refractivity contribution in [2.24, 2.45) is 0 Å². The highest BCUT2D eigenvalue weighted by molar-refractivity contribution is 7.99.